The summed E-state index contributed by atoms with van der Waals surface area (Å²) in [6, 6.07) is 3.74. The van der Waals surface area contributed by atoms with Crippen molar-refractivity contribution in [1.29, 1.82) is 0 Å². The van der Waals surface area contributed by atoms with Crippen LogP contribution in [-0.4, -0.2) is 31.6 Å². The summed E-state index contributed by atoms with van der Waals surface area (Å²) in [6.45, 7) is 3.68. The zero-order valence-corrected chi connectivity index (χ0v) is 12.4. The number of sulfonamides is 1. The highest BCUT2D eigenvalue weighted by Crippen LogP contribution is 2.26. The Morgan fingerprint density at radius 1 is 1.40 bits per heavy atom. The lowest BCUT2D eigenvalue weighted by Gasteiger charge is -2.31. The monoisotopic (exact) mass is 299 g/mol. The fourth-order valence-electron chi connectivity index (χ4n) is 2.48. The molecule has 1 atom stereocenters. The highest BCUT2D eigenvalue weighted by molar-refractivity contribution is 7.89. The van der Waals surface area contributed by atoms with Crippen molar-refractivity contribution in [3.05, 3.63) is 29.6 Å². The zero-order valence-electron chi connectivity index (χ0n) is 11.6. The first-order valence-electron chi connectivity index (χ1n) is 6.59. The molecule has 0 spiro atoms. The van der Waals surface area contributed by atoms with Crippen LogP contribution in [0.3, 0.4) is 0 Å². The number of rotatable bonds is 3. The Morgan fingerprint density at radius 2 is 2.10 bits per heavy atom. The van der Waals surface area contributed by atoms with Crippen LogP contribution in [0, 0.1) is 18.7 Å². The Morgan fingerprint density at radius 3 is 2.75 bits per heavy atom. The number of hydrogen-bond acceptors (Lipinski definition) is 3. The van der Waals surface area contributed by atoms with Crippen LogP contribution in [0.4, 0.5) is 4.39 Å². The van der Waals surface area contributed by atoms with Gasteiger partial charge in [-0.1, -0.05) is 6.07 Å². The van der Waals surface area contributed by atoms with E-state index in [0.29, 0.717) is 24.9 Å². The lowest BCUT2D eigenvalue weighted by Crippen LogP contribution is -2.42. The van der Waals surface area contributed by atoms with Crippen LogP contribution >= 0.6 is 0 Å². The molecule has 0 N–H and O–H groups in total. The summed E-state index contributed by atoms with van der Waals surface area (Å²) < 4.78 is 39.8. The van der Waals surface area contributed by atoms with Crippen molar-refractivity contribution >= 4 is 15.8 Å². The van der Waals surface area contributed by atoms with Gasteiger partial charge >= 0.3 is 0 Å². The van der Waals surface area contributed by atoms with E-state index in [1.807, 2.05) is 0 Å². The van der Waals surface area contributed by atoms with Crippen LogP contribution < -0.4 is 0 Å². The van der Waals surface area contributed by atoms with Gasteiger partial charge in [-0.05, 0) is 44.4 Å². The van der Waals surface area contributed by atoms with Crippen molar-refractivity contribution in [3.63, 3.8) is 0 Å². The normalized spacial score (nSPS) is 20.9. The third kappa shape index (κ3) is 2.91. The molecule has 2 rings (SSSR count). The molecule has 0 saturated carbocycles. The Labute approximate surface area is 118 Å². The molecular weight excluding hydrogens is 281 g/mol. The summed E-state index contributed by atoms with van der Waals surface area (Å²) in [7, 11) is -3.74. The Kier molecular flexibility index (Phi) is 4.25. The fourth-order valence-corrected chi connectivity index (χ4v) is 4.24. The smallest absolute Gasteiger partial charge is 0.243 e. The van der Waals surface area contributed by atoms with E-state index in [4.69, 9.17) is 0 Å². The number of hydrogen-bond donors (Lipinski definition) is 0. The molecule has 110 valence electrons. The number of ketones is 1. The number of carbonyl (C=O) groups is 1. The third-order valence-corrected chi connectivity index (χ3v) is 5.73. The molecular formula is C14H18FNO3S. The highest BCUT2D eigenvalue weighted by Gasteiger charge is 2.32. The topological polar surface area (TPSA) is 54.5 Å². The first-order valence-corrected chi connectivity index (χ1v) is 8.03. The van der Waals surface area contributed by atoms with E-state index in [1.165, 1.54) is 23.4 Å². The molecule has 0 bridgehead atoms. The van der Waals surface area contributed by atoms with Crippen LogP contribution in [0.25, 0.3) is 0 Å². The minimum absolute atomic E-state index is 0.000800. The maximum Gasteiger partial charge on any atom is 0.243 e. The molecule has 1 aromatic carbocycles. The van der Waals surface area contributed by atoms with E-state index in [2.05, 4.69) is 0 Å². The lowest BCUT2D eigenvalue weighted by atomic mass is 9.96. The SMILES string of the molecule is CC(=O)C1CCCN(S(=O)(=O)c2cc(F)ccc2C)C1. The molecule has 1 fully saturated rings. The third-order valence-electron chi connectivity index (χ3n) is 3.73. The summed E-state index contributed by atoms with van der Waals surface area (Å²) in [5.41, 5.74) is 0.511. The molecule has 1 aliphatic heterocycles. The van der Waals surface area contributed by atoms with E-state index in [0.717, 1.165) is 6.07 Å². The van der Waals surface area contributed by atoms with Gasteiger partial charge in [0.15, 0.2) is 0 Å². The van der Waals surface area contributed by atoms with E-state index < -0.39 is 15.8 Å². The molecule has 0 radical (unpaired) electrons. The van der Waals surface area contributed by atoms with Crippen LogP contribution in [0.15, 0.2) is 23.1 Å². The molecule has 1 aromatic rings. The molecule has 1 saturated heterocycles. The van der Waals surface area contributed by atoms with E-state index >= 15 is 0 Å². The molecule has 0 amide bonds. The molecule has 20 heavy (non-hydrogen) atoms. The number of halogens is 1. The maximum atomic E-state index is 13.3. The van der Waals surface area contributed by atoms with Gasteiger partial charge in [0.2, 0.25) is 10.0 Å². The van der Waals surface area contributed by atoms with Crippen LogP contribution in [0.2, 0.25) is 0 Å². The number of Topliss-reactive ketones (excluding diaryl/α,β-unsaturated/α-hetero) is 1. The van der Waals surface area contributed by atoms with Crippen molar-refractivity contribution in [3.8, 4) is 0 Å². The number of piperidine rings is 1. The second-order valence-corrected chi connectivity index (χ2v) is 7.13. The van der Waals surface area contributed by atoms with Gasteiger partial charge in [0.25, 0.3) is 0 Å². The summed E-state index contributed by atoms with van der Waals surface area (Å²) in [5, 5.41) is 0. The summed E-state index contributed by atoms with van der Waals surface area (Å²) >= 11 is 0. The number of aryl methyl sites for hydroxylation is 1. The van der Waals surface area contributed by atoms with Gasteiger partial charge in [-0.15, -0.1) is 0 Å². The first-order chi connectivity index (χ1) is 9.32. The molecule has 1 unspecified atom stereocenters. The number of benzene rings is 1. The van der Waals surface area contributed by atoms with Gasteiger partial charge in [0.1, 0.15) is 11.6 Å². The van der Waals surface area contributed by atoms with Crippen LogP contribution in [0.1, 0.15) is 25.3 Å². The van der Waals surface area contributed by atoms with Gasteiger partial charge in [-0.3, -0.25) is 4.79 Å². The largest absolute Gasteiger partial charge is 0.300 e. The average molecular weight is 299 g/mol. The molecule has 1 aliphatic rings. The second kappa shape index (κ2) is 5.61. The Bertz CT molecular complexity index is 627. The quantitative estimate of drug-likeness (QED) is 0.859. The summed E-state index contributed by atoms with van der Waals surface area (Å²) in [6.07, 6.45) is 1.36. The first kappa shape index (κ1) is 15.1. The van der Waals surface area contributed by atoms with E-state index in [1.54, 1.807) is 6.92 Å². The van der Waals surface area contributed by atoms with E-state index in [-0.39, 0.29) is 23.1 Å². The van der Waals surface area contributed by atoms with Crippen molar-refractivity contribution in [2.24, 2.45) is 5.92 Å². The highest BCUT2D eigenvalue weighted by atomic mass is 32.2. The molecule has 0 aliphatic carbocycles. The zero-order chi connectivity index (χ0) is 14.9. The van der Waals surface area contributed by atoms with Crippen LogP contribution in [0.5, 0.6) is 0 Å². The minimum atomic E-state index is -3.74. The van der Waals surface area contributed by atoms with Crippen molar-refractivity contribution < 1.29 is 17.6 Å². The number of carbonyl (C=O) groups excluding carboxylic acids is 1. The number of nitrogens with zero attached hydrogens (tertiary/aromatic N) is 1. The van der Waals surface area contributed by atoms with Gasteiger partial charge < -0.3 is 0 Å². The fraction of sp³-hybridized carbons (Fsp3) is 0.500. The van der Waals surface area contributed by atoms with Crippen LogP contribution in [-0.2, 0) is 14.8 Å². The summed E-state index contributed by atoms with van der Waals surface area (Å²) in [5.74, 6) is -0.831. The minimum Gasteiger partial charge on any atom is -0.300 e. The lowest BCUT2D eigenvalue weighted by molar-refractivity contribution is -0.121. The van der Waals surface area contributed by atoms with E-state index in [9.17, 15) is 17.6 Å². The van der Waals surface area contributed by atoms with Gasteiger partial charge in [0.05, 0.1) is 4.90 Å². The molecule has 4 nitrogen and oxygen atoms in total. The molecule has 1 heterocycles. The van der Waals surface area contributed by atoms with Gasteiger partial charge in [0, 0.05) is 19.0 Å². The van der Waals surface area contributed by atoms with Gasteiger partial charge in [-0.2, -0.15) is 4.31 Å². The standard InChI is InChI=1S/C14H18FNO3S/c1-10-5-6-13(15)8-14(10)20(18,19)16-7-3-4-12(9-16)11(2)17/h5-6,8,12H,3-4,7,9H2,1-2H3. The predicted molar refractivity (Wildman–Crippen MR) is 73.3 cm³/mol. The Hall–Kier alpha value is -1.27. The average Bonchev–Trinajstić information content (AvgIpc) is 2.41. The Balaban J connectivity index is 2.35. The molecule has 0 aromatic heterocycles. The second-order valence-electron chi connectivity index (χ2n) is 5.22. The van der Waals surface area contributed by atoms with Crippen molar-refractivity contribution in [2.45, 2.75) is 31.6 Å². The van der Waals surface area contributed by atoms with Crippen molar-refractivity contribution in [1.82, 2.24) is 4.31 Å². The summed E-state index contributed by atoms with van der Waals surface area (Å²) in [4.78, 5) is 11.4. The maximum absolute atomic E-state index is 13.3. The van der Waals surface area contributed by atoms with Crippen molar-refractivity contribution in [2.75, 3.05) is 13.1 Å². The molecule has 6 heteroatoms. The van der Waals surface area contributed by atoms with Gasteiger partial charge in [-0.25, -0.2) is 12.8 Å². The predicted octanol–water partition coefficient (Wildman–Crippen LogP) is 2.12.